The molecule has 0 saturated carbocycles. The number of carbonyl (C=O) groups excluding carboxylic acids is 5. The van der Waals surface area contributed by atoms with Crippen molar-refractivity contribution in [2.75, 3.05) is 38.6 Å². The summed E-state index contributed by atoms with van der Waals surface area (Å²) in [6, 6.07) is 11.2. The molecule has 14 nitrogen and oxygen atoms in total. The van der Waals surface area contributed by atoms with E-state index in [-0.39, 0.29) is 56.0 Å². The van der Waals surface area contributed by atoms with E-state index in [1.807, 2.05) is 5.32 Å². The maximum Gasteiger partial charge on any atom is 0.255 e. The minimum absolute atomic E-state index is 0.117. The van der Waals surface area contributed by atoms with E-state index >= 15 is 0 Å². The van der Waals surface area contributed by atoms with Crippen molar-refractivity contribution in [3.05, 3.63) is 71.1 Å². The molecule has 2 heterocycles. The van der Waals surface area contributed by atoms with Gasteiger partial charge in [0, 0.05) is 48.3 Å². The molecule has 232 valence electrons. The van der Waals surface area contributed by atoms with Crippen molar-refractivity contribution in [2.45, 2.75) is 38.3 Å². The molecule has 1 fully saturated rings. The van der Waals surface area contributed by atoms with Gasteiger partial charge in [0.1, 0.15) is 23.7 Å². The number of carbonyl (C=O) groups is 5. The summed E-state index contributed by atoms with van der Waals surface area (Å²) in [5.74, 6) is -0.997. The van der Waals surface area contributed by atoms with Crippen LogP contribution in [0.25, 0.3) is 0 Å². The van der Waals surface area contributed by atoms with Crippen molar-refractivity contribution >= 4 is 35.2 Å². The highest BCUT2D eigenvalue weighted by Gasteiger charge is 2.39. The Hall–Kier alpha value is -4.95. The molecular formula is C30H37N8O6+. The predicted molar refractivity (Wildman–Crippen MR) is 159 cm³/mol. The quantitative estimate of drug-likeness (QED) is 0.0971. The van der Waals surface area contributed by atoms with Crippen molar-refractivity contribution in [3.8, 4) is 5.75 Å². The fraction of sp³-hybridized carbons (Fsp3) is 0.367. The molecule has 5 amide bonds. The van der Waals surface area contributed by atoms with Gasteiger partial charge in [0.05, 0.1) is 20.2 Å². The maximum atomic E-state index is 13.0. The summed E-state index contributed by atoms with van der Waals surface area (Å²) in [5, 5.41) is 16.5. The predicted octanol–water partition coefficient (Wildman–Crippen LogP) is 0.630. The summed E-state index contributed by atoms with van der Waals surface area (Å²) in [6.45, 7) is 2.25. The average Bonchev–Trinajstić information content (AvgIpc) is 3.36. The minimum atomic E-state index is -0.714. The molecule has 14 heteroatoms. The van der Waals surface area contributed by atoms with Crippen molar-refractivity contribution < 1.29 is 34.0 Å². The van der Waals surface area contributed by atoms with Crippen LogP contribution in [-0.2, 0) is 20.9 Å². The van der Waals surface area contributed by atoms with E-state index in [2.05, 4.69) is 26.4 Å². The number of hydrogen-bond donors (Lipinski definition) is 6. The van der Waals surface area contributed by atoms with Crippen LogP contribution < -0.4 is 31.3 Å². The molecule has 2 aliphatic rings. The van der Waals surface area contributed by atoms with Gasteiger partial charge in [-0.05, 0) is 49.7 Å². The first-order chi connectivity index (χ1) is 21.3. The standard InChI is InChI=1S/C30H36N8O6/c1-44-21-6-2-5-19(15-21)28(41)34-17-20(37-31)16-33-14-13-32-12-4-9-26(39)35-24-8-3-7-22-23(24)18-38(30(22)43)25-10-11-27(40)36-29(25)42/h2-3,5-8,15-16,25,31-33H,4,9-14,17-18H2,1H3,(H,34,41)(H,35,39)(H,36,40,42)/p+1/b20-16-,37-31?. The number of nitrogens with two attached hydrogens (primary N) is 1. The molecule has 4 rings (SSSR count). The first kappa shape index (κ1) is 32.0. The number of piperidine rings is 1. The fourth-order valence-corrected chi connectivity index (χ4v) is 4.99. The molecule has 2 aromatic carbocycles. The van der Waals surface area contributed by atoms with E-state index in [0.717, 1.165) is 0 Å². The smallest absolute Gasteiger partial charge is 0.255 e. The van der Waals surface area contributed by atoms with Gasteiger partial charge in [-0.2, -0.15) is 5.11 Å². The number of anilines is 1. The first-order valence-electron chi connectivity index (χ1n) is 14.4. The number of quaternary nitrogens is 1. The molecule has 0 spiro atoms. The molecule has 7 N–H and O–H groups in total. The monoisotopic (exact) mass is 605 g/mol. The molecule has 1 saturated heterocycles. The Morgan fingerprint density at radius 3 is 2.77 bits per heavy atom. The van der Waals surface area contributed by atoms with Gasteiger partial charge in [-0.1, -0.05) is 12.1 Å². The number of amides is 5. The van der Waals surface area contributed by atoms with Crippen molar-refractivity contribution in [1.29, 1.82) is 5.53 Å². The van der Waals surface area contributed by atoms with E-state index < -0.39 is 11.9 Å². The van der Waals surface area contributed by atoms with Gasteiger partial charge in [-0.15, -0.1) is 0 Å². The van der Waals surface area contributed by atoms with Gasteiger partial charge in [-0.25, -0.2) is 5.53 Å². The van der Waals surface area contributed by atoms with Crippen LogP contribution in [0.15, 0.2) is 59.5 Å². The van der Waals surface area contributed by atoms with Crippen LogP contribution in [0.5, 0.6) is 5.75 Å². The Bertz CT molecular complexity index is 1460. The molecule has 2 aromatic rings. The minimum Gasteiger partial charge on any atom is -0.497 e. The van der Waals surface area contributed by atoms with Crippen LogP contribution in [-0.4, -0.2) is 73.8 Å². The van der Waals surface area contributed by atoms with E-state index in [4.69, 9.17) is 10.3 Å². The largest absolute Gasteiger partial charge is 0.497 e. The number of fused-ring (bicyclic) bond motifs is 1. The number of nitrogens with zero attached hydrogens (tertiary/aromatic N) is 2. The zero-order valence-corrected chi connectivity index (χ0v) is 24.5. The highest BCUT2D eigenvalue weighted by atomic mass is 16.5. The van der Waals surface area contributed by atoms with Gasteiger partial charge in [0.15, 0.2) is 0 Å². The Labute approximate surface area is 254 Å². The van der Waals surface area contributed by atoms with Crippen molar-refractivity contribution in [3.63, 3.8) is 0 Å². The molecule has 1 unspecified atom stereocenters. The van der Waals surface area contributed by atoms with E-state index in [9.17, 15) is 24.0 Å². The number of methoxy groups -OCH3 is 1. The lowest BCUT2D eigenvalue weighted by atomic mass is 10.0. The Morgan fingerprint density at radius 1 is 1.18 bits per heavy atom. The normalized spacial score (nSPS) is 16.3. The molecule has 0 aliphatic carbocycles. The molecule has 0 aromatic heterocycles. The van der Waals surface area contributed by atoms with Crippen LogP contribution >= 0.6 is 0 Å². The summed E-state index contributed by atoms with van der Waals surface area (Å²) < 4.78 is 5.13. The van der Waals surface area contributed by atoms with Gasteiger partial charge < -0.3 is 30.9 Å². The number of imide groups is 1. The zero-order chi connectivity index (χ0) is 31.5. The third kappa shape index (κ3) is 8.33. The second kappa shape index (κ2) is 15.5. The van der Waals surface area contributed by atoms with Crippen LogP contribution in [0.1, 0.15) is 52.0 Å². The van der Waals surface area contributed by atoms with Gasteiger partial charge >= 0.3 is 0 Å². The lowest BCUT2D eigenvalue weighted by Crippen LogP contribution is -2.80. The maximum absolute atomic E-state index is 13.0. The zero-order valence-electron chi connectivity index (χ0n) is 24.5. The highest BCUT2D eigenvalue weighted by Crippen LogP contribution is 2.32. The Balaban J connectivity index is 1.13. The second-order valence-electron chi connectivity index (χ2n) is 10.3. The van der Waals surface area contributed by atoms with Crippen LogP contribution in [0.3, 0.4) is 0 Å². The summed E-state index contributed by atoms with van der Waals surface area (Å²) in [4.78, 5) is 63.2. The average molecular weight is 606 g/mol. The molecule has 1 atom stereocenters. The third-order valence-corrected chi connectivity index (χ3v) is 7.32. The van der Waals surface area contributed by atoms with Crippen LogP contribution in [0.2, 0.25) is 0 Å². The molecule has 2 aliphatic heterocycles. The summed E-state index contributed by atoms with van der Waals surface area (Å²) in [7, 11) is 1.53. The summed E-state index contributed by atoms with van der Waals surface area (Å²) >= 11 is 0. The van der Waals surface area contributed by atoms with E-state index in [1.54, 1.807) is 48.7 Å². The fourth-order valence-electron chi connectivity index (χ4n) is 4.99. The SMILES string of the molecule is COc1cccc(C(=O)NC/C(=C/[NH2+]CCNCCCC(=O)Nc2cccc3c2CN(C2CCC(=O)NC2=O)C3=O)N=N)c1. The molecule has 0 bridgehead atoms. The third-order valence-electron chi connectivity index (χ3n) is 7.32. The van der Waals surface area contributed by atoms with E-state index in [1.165, 1.54) is 12.0 Å². The lowest BCUT2D eigenvalue weighted by molar-refractivity contribution is -0.586. The molecule has 44 heavy (non-hydrogen) atoms. The van der Waals surface area contributed by atoms with Gasteiger partial charge in [-0.3, -0.25) is 29.3 Å². The van der Waals surface area contributed by atoms with E-state index in [0.29, 0.717) is 59.9 Å². The number of rotatable bonds is 15. The highest BCUT2D eigenvalue weighted by molar-refractivity contribution is 6.06. The Morgan fingerprint density at radius 2 is 2.00 bits per heavy atom. The van der Waals surface area contributed by atoms with Gasteiger partial charge in [0.2, 0.25) is 17.7 Å². The Kier molecular flexibility index (Phi) is 11.3. The number of ether oxygens (including phenoxy) is 1. The van der Waals surface area contributed by atoms with Crippen LogP contribution in [0, 0.1) is 5.53 Å². The van der Waals surface area contributed by atoms with Crippen molar-refractivity contribution in [2.24, 2.45) is 5.11 Å². The van der Waals surface area contributed by atoms with Crippen molar-refractivity contribution in [1.82, 2.24) is 20.9 Å². The van der Waals surface area contributed by atoms with Crippen LogP contribution in [0.4, 0.5) is 5.69 Å². The topological polar surface area (TPSA) is 199 Å². The summed E-state index contributed by atoms with van der Waals surface area (Å²) in [6.07, 6.45) is 3.02. The lowest BCUT2D eigenvalue weighted by Gasteiger charge is -2.29. The molecular weight excluding hydrogens is 568 g/mol. The first-order valence-corrected chi connectivity index (χ1v) is 14.4. The second-order valence-corrected chi connectivity index (χ2v) is 10.3. The summed E-state index contributed by atoms with van der Waals surface area (Å²) in [5.41, 5.74) is 9.86. The molecule has 0 radical (unpaired) electrons. The number of benzene rings is 2. The number of nitrogens with one attached hydrogen (secondary N) is 5. The van der Waals surface area contributed by atoms with Gasteiger partial charge in [0.25, 0.3) is 11.8 Å². The number of hydrogen-bond acceptors (Lipinski definition) is 9.